The van der Waals surface area contributed by atoms with Crippen LogP contribution in [0.3, 0.4) is 0 Å². The van der Waals surface area contributed by atoms with Crippen LogP contribution in [-0.4, -0.2) is 28.8 Å². The first-order valence-electron chi connectivity index (χ1n) is 8.29. The number of hydrogen-bond acceptors (Lipinski definition) is 5. The normalized spacial score (nSPS) is 27.5. The van der Waals surface area contributed by atoms with Gasteiger partial charge in [-0.15, -0.1) is 0 Å². The van der Waals surface area contributed by atoms with E-state index in [1.54, 1.807) is 11.8 Å². The Morgan fingerprint density at radius 2 is 2.05 bits per heavy atom. The van der Waals surface area contributed by atoms with E-state index in [1.165, 1.54) is 18.4 Å². The van der Waals surface area contributed by atoms with Crippen molar-refractivity contribution in [1.29, 1.82) is 0 Å². The minimum atomic E-state index is -0.121. The van der Waals surface area contributed by atoms with Crippen molar-refractivity contribution in [2.24, 2.45) is 5.41 Å². The Kier molecular flexibility index (Phi) is 6.33. The molecule has 124 valence electrons. The van der Waals surface area contributed by atoms with Crippen molar-refractivity contribution in [3.05, 3.63) is 11.1 Å². The third-order valence-electron chi connectivity index (χ3n) is 4.86. The molecule has 2 aliphatic carbocycles. The number of hydrogen-bond donors (Lipinski definition) is 0. The summed E-state index contributed by atoms with van der Waals surface area (Å²) in [4.78, 5) is 12.4. The van der Waals surface area contributed by atoms with Gasteiger partial charge in [-0.25, -0.2) is 4.79 Å². The first-order chi connectivity index (χ1) is 10.6. The maximum absolute atomic E-state index is 12.4. The molecule has 0 heterocycles. The highest BCUT2D eigenvalue weighted by Crippen LogP contribution is 2.55. The second-order valence-electron chi connectivity index (χ2n) is 6.00. The molecule has 0 amide bonds. The van der Waals surface area contributed by atoms with Crippen molar-refractivity contribution in [3.63, 3.8) is 0 Å². The van der Waals surface area contributed by atoms with E-state index in [9.17, 15) is 4.79 Å². The van der Waals surface area contributed by atoms with Crippen LogP contribution in [0.5, 0.6) is 0 Å². The second-order valence-corrected chi connectivity index (χ2v) is 7.90. The Bertz CT molecular complexity index is 473. The largest absolute Gasteiger partial charge is 0.479 e. The quantitative estimate of drug-likeness (QED) is 0.537. The lowest BCUT2D eigenvalue weighted by Gasteiger charge is -2.39. The zero-order valence-corrected chi connectivity index (χ0v) is 15.4. The molecular formula is C17H26O3S2. The van der Waals surface area contributed by atoms with E-state index in [1.807, 2.05) is 13.8 Å². The maximum Gasteiger partial charge on any atom is 0.334 e. The summed E-state index contributed by atoms with van der Waals surface area (Å²) in [6.07, 6.45) is 6.35. The first-order valence-corrected chi connectivity index (χ1v) is 9.58. The third-order valence-corrected chi connectivity index (χ3v) is 6.24. The van der Waals surface area contributed by atoms with Gasteiger partial charge in [0.1, 0.15) is 0 Å². The summed E-state index contributed by atoms with van der Waals surface area (Å²) in [5.74, 6) is -0.121. The molecule has 0 aromatic heterocycles. The van der Waals surface area contributed by atoms with Gasteiger partial charge in [-0.1, -0.05) is 24.3 Å². The van der Waals surface area contributed by atoms with E-state index in [0.29, 0.717) is 22.8 Å². The molecule has 22 heavy (non-hydrogen) atoms. The number of carbonyl (C=O) groups is 1. The van der Waals surface area contributed by atoms with Gasteiger partial charge in [0.25, 0.3) is 0 Å². The lowest BCUT2D eigenvalue weighted by atomic mass is 9.69. The van der Waals surface area contributed by atoms with Crippen LogP contribution in [0.4, 0.5) is 0 Å². The fourth-order valence-corrected chi connectivity index (χ4v) is 5.54. The maximum atomic E-state index is 12.4. The summed E-state index contributed by atoms with van der Waals surface area (Å²) in [6, 6.07) is 0. The minimum absolute atomic E-state index is 0.121. The molecule has 0 saturated heterocycles. The van der Waals surface area contributed by atoms with E-state index >= 15 is 0 Å². The number of allylic oxidation sites excluding steroid dienone is 1. The molecule has 0 unspecified atom stereocenters. The Morgan fingerprint density at radius 3 is 2.68 bits per heavy atom. The van der Waals surface area contributed by atoms with Crippen molar-refractivity contribution < 1.29 is 14.3 Å². The van der Waals surface area contributed by atoms with Crippen LogP contribution in [0.25, 0.3) is 0 Å². The van der Waals surface area contributed by atoms with Gasteiger partial charge in [0.2, 0.25) is 4.38 Å². The summed E-state index contributed by atoms with van der Waals surface area (Å²) < 4.78 is 11.3. The fourth-order valence-electron chi connectivity index (χ4n) is 3.91. The van der Waals surface area contributed by atoms with Crippen molar-refractivity contribution in [2.75, 3.05) is 13.2 Å². The van der Waals surface area contributed by atoms with E-state index < -0.39 is 0 Å². The van der Waals surface area contributed by atoms with Crippen LogP contribution >= 0.6 is 24.0 Å². The molecule has 2 rings (SSSR count). The molecule has 0 aliphatic heterocycles. The van der Waals surface area contributed by atoms with Gasteiger partial charge in [0.15, 0.2) is 0 Å². The van der Waals surface area contributed by atoms with Gasteiger partial charge in [-0.2, -0.15) is 0 Å². The SMILES string of the molecule is CCOC(=O)C1=C2CCC[C@@]2(CC)C[C@@H](SC(=S)OCC)C1. The highest BCUT2D eigenvalue weighted by Gasteiger charge is 2.45. The number of esters is 1. The number of carbonyl (C=O) groups excluding carboxylic acids is 1. The average Bonchev–Trinajstić information content (AvgIpc) is 2.91. The molecule has 0 aromatic rings. The molecule has 1 saturated carbocycles. The van der Waals surface area contributed by atoms with E-state index in [-0.39, 0.29) is 11.4 Å². The Morgan fingerprint density at radius 1 is 1.32 bits per heavy atom. The Hall–Kier alpha value is -0.550. The number of thioether (sulfide) groups is 1. The summed E-state index contributed by atoms with van der Waals surface area (Å²) >= 11 is 6.91. The molecule has 0 N–H and O–H groups in total. The molecule has 5 heteroatoms. The number of ether oxygens (including phenoxy) is 2. The van der Waals surface area contributed by atoms with E-state index in [4.69, 9.17) is 21.7 Å². The van der Waals surface area contributed by atoms with Gasteiger partial charge in [-0.05, 0) is 70.0 Å². The zero-order chi connectivity index (χ0) is 16.2. The molecule has 3 nitrogen and oxygen atoms in total. The van der Waals surface area contributed by atoms with Crippen LogP contribution in [0.2, 0.25) is 0 Å². The second kappa shape index (κ2) is 7.82. The van der Waals surface area contributed by atoms with Crippen molar-refractivity contribution in [1.82, 2.24) is 0 Å². The molecule has 0 spiro atoms. The first kappa shape index (κ1) is 17.8. The van der Waals surface area contributed by atoms with Gasteiger partial charge < -0.3 is 9.47 Å². The molecular weight excluding hydrogens is 316 g/mol. The summed E-state index contributed by atoms with van der Waals surface area (Å²) in [5, 5.41) is 0.320. The highest BCUT2D eigenvalue weighted by atomic mass is 32.2. The van der Waals surface area contributed by atoms with Crippen LogP contribution in [0.1, 0.15) is 59.3 Å². The highest BCUT2D eigenvalue weighted by molar-refractivity contribution is 8.23. The molecule has 0 radical (unpaired) electrons. The average molecular weight is 343 g/mol. The zero-order valence-electron chi connectivity index (χ0n) is 13.8. The van der Waals surface area contributed by atoms with Crippen LogP contribution in [-0.2, 0) is 14.3 Å². The van der Waals surface area contributed by atoms with Crippen molar-refractivity contribution in [2.45, 2.75) is 64.5 Å². The lowest BCUT2D eigenvalue weighted by molar-refractivity contribution is -0.139. The predicted octanol–water partition coefficient (Wildman–Crippen LogP) is 4.64. The molecule has 2 aliphatic rings. The van der Waals surface area contributed by atoms with Crippen molar-refractivity contribution in [3.8, 4) is 0 Å². The minimum Gasteiger partial charge on any atom is -0.479 e. The van der Waals surface area contributed by atoms with Crippen LogP contribution < -0.4 is 0 Å². The smallest absolute Gasteiger partial charge is 0.334 e. The summed E-state index contributed by atoms with van der Waals surface area (Å²) in [6.45, 7) is 7.08. The number of thiocarbonyl (C=S) groups is 1. The van der Waals surface area contributed by atoms with E-state index in [2.05, 4.69) is 6.92 Å². The van der Waals surface area contributed by atoms with Crippen LogP contribution in [0.15, 0.2) is 11.1 Å². The predicted molar refractivity (Wildman–Crippen MR) is 95.1 cm³/mol. The Labute approximate surface area is 143 Å². The fraction of sp³-hybridized carbons (Fsp3) is 0.765. The molecule has 0 bridgehead atoms. The molecule has 1 fully saturated rings. The Balaban J connectivity index is 2.24. The van der Waals surface area contributed by atoms with Gasteiger partial charge in [0, 0.05) is 10.8 Å². The molecule has 2 atom stereocenters. The summed E-state index contributed by atoms with van der Waals surface area (Å²) in [5.41, 5.74) is 2.47. The number of fused-ring (bicyclic) bond motifs is 1. The monoisotopic (exact) mass is 342 g/mol. The third kappa shape index (κ3) is 3.67. The number of rotatable bonds is 5. The lowest BCUT2D eigenvalue weighted by Crippen LogP contribution is -2.32. The standard InChI is InChI=1S/C17H26O3S2/c1-4-17-9-7-8-14(17)13(15(18)19-5-2)10-12(11-17)22-16(21)20-6-3/h12H,4-11H2,1-3H3/t12-,17-/m0/s1. The van der Waals surface area contributed by atoms with Crippen molar-refractivity contribution >= 4 is 34.3 Å². The molecule has 0 aromatic carbocycles. The topological polar surface area (TPSA) is 35.5 Å². The van der Waals surface area contributed by atoms with Gasteiger partial charge >= 0.3 is 5.97 Å². The van der Waals surface area contributed by atoms with Gasteiger partial charge in [-0.3, -0.25) is 0 Å². The van der Waals surface area contributed by atoms with Gasteiger partial charge in [0.05, 0.1) is 13.2 Å². The summed E-state index contributed by atoms with van der Waals surface area (Å²) in [7, 11) is 0. The van der Waals surface area contributed by atoms with E-state index in [0.717, 1.165) is 31.3 Å². The van der Waals surface area contributed by atoms with Crippen LogP contribution in [0, 0.1) is 5.41 Å².